The number of carbonyl (C=O) groups excluding carboxylic acids is 1. The molecule has 1 N–H and O–H groups in total. The van der Waals surface area contributed by atoms with Crippen LogP contribution in [0.5, 0.6) is 11.5 Å². The number of halogens is 1. The van der Waals surface area contributed by atoms with Crippen molar-refractivity contribution in [3.05, 3.63) is 27.7 Å². The minimum absolute atomic E-state index is 0.0226. The zero-order valence-electron chi connectivity index (χ0n) is 11.8. The largest absolute Gasteiger partial charge is 0.454 e. The SMILES string of the molecule is CC[C@@H](C)NC(=O)/C(C#N)=C/c1cc2c(cc1Br)OCO2. The molecule has 0 aromatic heterocycles. The van der Waals surface area contributed by atoms with Gasteiger partial charge in [0, 0.05) is 10.5 Å². The molecule has 0 saturated carbocycles. The van der Waals surface area contributed by atoms with Gasteiger partial charge in [0.2, 0.25) is 6.79 Å². The fourth-order valence-corrected chi connectivity index (χ4v) is 2.19. The van der Waals surface area contributed by atoms with Crippen LogP contribution in [0.25, 0.3) is 6.08 Å². The zero-order chi connectivity index (χ0) is 15.4. The number of hydrogen-bond acceptors (Lipinski definition) is 4. The van der Waals surface area contributed by atoms with Gasteiger partial charge in [-0.05, 0) is 37.1 Å². The van der Waals surface area contributed by atoms with Crippen LogP contribution < -0.4 is 14.8 Å². The maximum atomic E-state index is 12.0. The molecule has 1 aromatic carbocycles. The van der Waals surface area contributed by atoms with Crippen molar-refractivity contribution in [1.82, 2.24) is 5.32 Å². The molecule has 21 heavy (non-hydrogen) atoms. The fourth-order valence-electron chi connectivity index (χ4n) is 1.75. The Labute approximate surface area is 131 Å². The van der Waals surface area contributed by atoms with Gasteiger partial charge in [0.25, 0.3) is 5.91 Å². The second-order valence-corrected chi connectivity index (χ2v) is 5.53. The van der Waals surface area contributed by atoms with E-state index in [1.807, 2.05) is 19.9 Å². The van der Waals surface area contributed by atoms with Gasteiger partial charge in [-0.15, -0.1) is 0 Å². The highest BCUT2D eigenvalue weighted by Crippen LogP contribution is 2.37. The molecule has 0 radical (unpaired) electrons. The van der Waals surface area contributed by atoms with Gasteiger partial charge in [-0.1, -0.05) is 22.9 Å². The van der Waals surface area contributed by atoms with Crippen LogP contribution in [0, 0.1) is 11.3 Å². The fraction of sp³-hybridized carbons (Fsp3) is 0.333. The predicted octanol–water partition coefficient (Wildman–Crippen LogP) is 3.00. The first-order chi connectivity index (χ1) is 10.0. The van der Waals surface area contributed by atoms with Crippen molar-refractivity contribution in [2.24, 2.45) is 0 Å². The maximum Gasteiger partial charge on any atom is 0.262 e. The lowest BCUT2D eigenvalue weighted by molar-refractivity contribution is -0.117. The third kappa shape index (κ3) is 3.56. The Balaban J connectivity index is 2.28. The molecule has 1 aliphatic rings. The number of fused-ring (bicyclic) bond motifs is 1. The van der Waals surface area contributed by atoms with E-state index in [0.29, 0.717) is 17.1 Å². The summed E-state index contributed by atoms with van der Waals surface area (Å²) in [6, 6.07) is 5.45. The first-order valence-electron chi connectivity index (χ1n) is 6.57. The summed E-state index contributed by atoms with van der Waals surface area (Å²) in [5.74, 6) is 0.863. The summed E-state index contributed by atoms with van der Waals surface area (Å²) in [5.41, 5.74) is 0.741. The molecule has 1 aliphatic heterocycles. The molecule has 2 rings (SSSR count). The predicted molar refractivity (Wildman–Crippen MR) is 81.8 cm³/mol. The van der Waals surface area contributed by atoms with Crippen LogP contribution in [0.4, 0.5) is 0 Å². The third-order valence-electron chi connectivity index (χ3n) is 3.15. The van der Waals surface area contributed by atoms with Crippen LogP contribution in [0.2, 0.25) is 0 Å². The van der Waals surface area contributed by atoms with Gasteiger partial charge < -0.3 is 14.8 Å². The number of ether oxygens (including phenoxy) is 2. The molecule has 0 spiro atoms. The van der Waals surface area contributed by atoms with Gasteiger partial charge in [0.15, 0.2) is 11.5 Å². The van der Waals surface area contributed by atoms with Gasteiger partial charge in [-0.2, -0.15) is 5.26 Å². The highest BCUT2D eigenvalue weighted by Gasteiger charge is 2.17. The number of nitriles is 1. The molecule has 1 heterocycles. The average molecular weight is 351 g/mol. The quantitative estimate of drug-likeness (QED) is 0.669. The van der Waals surface area contributed by atoms with E-state index in [4.69, 9.17) is 9.47 Å². The number of amides is 1. The standard InChI is InChI=1S/C15H15BrN2O3/c1-3-9(2)18-15(19)11(7-17)4-10-5-13-14(6-12(10)16)21-8-20-13/h4-6,9H,3,8H2,1-2H3,(H,18,19)/b11-4+/t9-/m1/s1. The first kappa shape index (κ1) is 15.4. The highest BCUT2D eigenvalue weighted by atomic mass is 79.9. The zero-order valence-corrected chi connectivity index (χ0v) is 13.4. The minimum Gasteiger partial charge on any atom is -0.454 e. The number of benzene rings is 1. The summed E-state index contributed by atoms with van der Waals surface area (Å²) in [6.07, 6.45) is 2.34. The van der Waals surface area contributed by atoms with Gasteiger partial charge in [-0.25, -0.2) is 0 Å². The van der Waals surface area contributed by atoms with E-state index in [-0.39, 0.29) is 24.3 Å². The Morgan fingerprint density at radius 2 is 2.19 bits per heavy atom. The number of nitrogens with zero attached hydrogens (tertiary/aromatic N) is 1. The smallest absolute Gasteiger partial charge is 0.262 e. The van der Waals surface area contributed by atoms with Crippen molar-refractivity contribution in [2.45, 2.75) is 26.3 Å². The van der Waals surface area contributed by atoms with Gasteiger partial charge in [0.1, 0.15) is 11.6 Å². The van der Waals surface area contributed by atoms with Crippen molar-refractivity contribution in [1.29, 1.82) is 5.26 Å². The lowest BCUT2D eigenvalue weighted by Crippen LogP contribution is -2.32. The van der Waals surface area contributed by atoms with Crippen LogP contribution >= 0.6 is 15.9 Å². The molecule has 0 unspecified atom stereocenters. The molecule has 1 aromatic rings. The van der Waals surface area contributed by atoms with Crippen molar-refractivity contribution < 1.29 is 14.3 Å². The molecule has 0 fully saturated rings. The Hall–Kier alpha value is -2.00. The molecule has 6 heteroatoms. The summed E-state index contributed by atoms with van der Waals surface area (Å²) in [7, 11) is 0. The summed E-state index contributed by atoms with van der Waals surface area (Å²) < 4.78 is 11.3. The van der Waals surface area contributed by atoms with Crippen molar-refractivity contribution in [2.75, 3.05) is 6.79 Å². The van der Waals surface area contributed by atoms with Crippen LogP contribution in [-0.4, -0.2) is 18.7 Å². The molecule has 0 aliphatic carbocycles. The normalized spacial score (nSPS) is 14.5. The van der Waals surface area contributed by atoms with Crippen molar-refractivity contribution >= 4 is 27.9 Å². The summed E-state index contributed by atoms with van der Waals surface area (Å²) in [4.78, 5) is 12.0. The van der Waals surface area contributed by atoms with Crippen LogP contribution in [0.1, 0.15) is 25.8 Å². The topological polar surface area (TPSA) is 71.4 Å². The van der Waals surface area contributed by atoms with Crippen molar-refractivity contribution in [3.8, 4) is 17.6 Å². The first-order valence-corrected chi connectivity index (χ1v) is 7.36. The molecule has 1 atom stereocenters. The molecule has 0 bridgehead atoms. The summed E-state index contributed by atoms with van der Waals surface area (Å²) >= 11 is 3.40. The third-order valence-corrected chi connectivity index (χ3v) is 3.83. The van der Waals surface area contributed by atoms with Crippen LogP contribution in [0.3, 0.4) is 0 Å². The number of nitrogens with one attached hydrogen (secondary N) is 1. The van der Waals surface area contributed by atoms with Gasteiger partial charge in [-0.3, -0.25) is 4.79 Å². The van der Waals surface area contributed by atoms with Crippen LogP contribution in [-0.2, 0) is 4.79 Å². The average Bonchev–Trinajstić information content (AvgIpc) is 2.91. The lowest BCUT2D eigenvalue weighted by atomic mass is 10.1. The Bertz CT molecular complexity index is 635. The Kier molecular flexibility index (Phi) is 4.86. The Morgan fingerprint density at radius 3 is 2.81 bits per heavy atom. The molecule has 5 nitrogen and oxygen atoms in total. The summed E-state index contributed by atoms with van der Waals surface area (Å²) in [6.45, 7) is 4.03. The van der Waals surface area contributed by atoms with E-state index in [1.165, 1.54) is 6.08 Å². The monoisotopic (exact) mass is 350 g/mol. The van der Waals surface area contributed by atoms with Crippen LogP contribution in [0.15, 0.2) is 22.2 Å². The molecule has 110 valence electrons. The van der Waals surface area contributed by atoms with E-state index in [1.54, 1.807) is 12.1 Å². The lowest BCUT2D eigenvalue weighted by Gasteiger charge is -2.10. The number of rotatable bonds is 4. The molecular weight excluding hydrogens is 336 g/mol. The maximum absolute atomic E-state index is 12.0. The van der Waals surface area contributed by atoms with E-state index < -0.39 is 0 Å². The summed E-state index contributed by atoms with van der Waals surface area (Å²) in [5, 5.41) is 11.9. The highest BCUT2D eigenvalue weighted by molar-refractivity contribution is 9.10. The number of carbonyl (C=O) groups is 1. The second-order valence-electron chi connectivity index (χ2n) is 4.68. The van der Waals surface area contributed by atoms with Gasteiger partial charge in [0.05, 0.1) is 0 Å². The molecule has 1 amide bonds. The van der Waals surface area contributed by atoms with Crippen molar-refractivity contribution in [3.63, 3.8) is 0 Å². The minimum atomic E-state index is -0.378. The van der Waals surface area contributed by atoms with E-state index in [2.05, 4.69) is 21.2 Å². The molecule has 0 saturated heterocycles. The second kappa shape index (κ2) is 6.64. The molecular formula is C15H15BrN2O3. The van der Waals surface area contributed by atoms with Gasteiger partial charge >= 0.3 is 0 Å². The van der Waals surface area contributed by atoms with E-state index in [9.17, 15) is 10.1 Å². The van der Waals surface area contributed by atoms with E-state index >= 15 is 0 Å². The van der Waals surface area contributed by atoms with E-state index in [0.717, 1.165) is 10.9 Å². The Morgan fingerprint density at radius 1 is 1.52 bits per heavy atom. The number of hydrogen-bond donors (Lipinski definition) is 1.